The first kappa shape index (κ1) is 13.1. The third-order valence-electron chi connectivity index (χ3n) is 3.43. The summed E-state index contributed by atoms with van der Waals surface area (Å²) >= 11 is 8.14. The summed E-state index contributed by atoms with van der Waals surface area (Å²) in [4.78, 5) is 7.93. The third-order valence-corrected chi connectivity index (χ3v) is 4.67. The van der Waals surface area contributed by atoms with Crippen molar-refractivity contribution in [1.29, 1.82) is 0 Å². The van der Waals surface area contributed by atoms with Crippen LogP contribution in [0, 0.1) is 0 Å². The maximum Gasteiger partial charge on any atom is 0.0712 e. The highest BCUT2D eigenvalue weighted by molar-refractivity contribution is 7.10. The standard InChI is InChI=1S/C14H16ClN3S/c15-12-10-17-4-3-11(12)14(13-2-1-9-19-13)18-7-5-16-6-8-18/h1-4,9-10,14,16H,5-8H2/t14-/m0/s1. The number of pyridine rings is 1. The number of thiophene rings is 1. The first-order valence-electron chi connectivity index (χ1n) is 6.44. The summed E-state index contributed by atoms with van der Waals surface area (Å²) in [7, 11) is 0. The first-order valence-corrected chi connectivity index (χ1v) is 7.69. The van der Waals surface area contributed by atoms with Crippen LogP contribution in [0.25, 0.3) is 0 Å². The molecular weight excluding hydrogens is 278 g/mol. The average molecular weight is 294 g/mol. The summed E-state index contributed by atoms with van der Waals surface area (Å²) in [6.45, 7) is 4.15. The van der Waals surface area contributed by atoms with Crippen molar-refractivity contribution in [2.24, 2.45) is 0 Å². The molecule has 3 heterocycles. The molecule has 2 aromatic rings. The second-order valence-corrected chi connectivity index (χ2v) is 5.99. The van der Waals surface area contributed by atoms with Crippen LogP contribution in [0.1, 0.15) is 16.5 Å². The minimum atomic E-state index is 0.248. The molecule has 0 saturated carbocycles. The predicted molar refractivity (Wildman–Crippen MR) is 79.9 cm³/mol. The van der Waals surface area contributed by atoms with Gasteiger partial charge in [0.05, 0.1) is 11.1 Å². The summed E-state index contributed by atoms with van der Waals surface area (Å²) in [5.74, 6) is 0. The molecule has 0 unspecified atom stereocenters. The van der Waals surface area contributed by atoms with Crippen LogP contribution in [-0.2, 0) is 0 Å². The van der Waals surface area contributed by atoms with Crippen LogP contribution >= 0.6 is 22.9 Å². The fourth-order valence-corrected chi connectivity index (χ4v) is 3.62. The molecule has 19 heavy (non-hydrogen) atoms. The molecule has 1 atom stereocenters. The van der Waals surface area contributed by atoms with Gasteiger partial charge in [0.1, 0.15) is 0 Å². The zero-order chi connectivity index (χ0) is 13.1. The molecule has 3 rings (SSSR count). The Labute approximate surface area is 122 Å². The van der Waals surface area contributed by atoms with Crippen molar-refractivity contribution in [1.82, 2.24) is 15.2 Å². The topological polar surface area (TPSA) is 28.2 Å². The number of halogens is 1. The lowest BCUT2D eigenvalue weighted by molar-refractivity contribution is 0.200. The number of hydrogen-bond acceptors (Lipinski definition) is 4. The molecule has 1 aliphatic rings. The second-order valence-electron chi connectivity index (χ2n) is 4.60. The van der Waals surface area contributed by atoms with E-state index in [4.69, 9.17) is 11.6 Å². The van der Waals surface area contributed by atoms with E-state index in [-0.39, 0.29) is 6.04 Å². The summed E-state index contributed by atoms with van der Waals surface area (Å²) < 4.78 is 0. The van der Waals surface area contributed by atoms with Gasteiger partial charge in [0, 0.05) is 43.4 Å². The van der Waals surface area contributed by atoms with Crippen molar-refractivity contribution in [3.63, 3.8) is 0 Å². The number of rotatable bonds is 3. The van der Waals surface area contributed by atoms with Gasteiger partial charge in [0.15, 0.2) is 0 Å². The van der Waals surface area contributed by atoms with Crippen molar-refractivity contribution >= 4 is 22.9 Å². The van der Waals surface area contributed by atoms with Gasteiger partial charge >= 0.3 is 0 Å². The maximum atomic E-state index is 6.35. The third kappa shape index (κ3) is 2.82. The SMILES string of the molecule is Clc1cnccc1[C@@H](c1cccs1)N1CCNCC1. The highest BCUT2D eigenvalue weighted by Crippen LogP contribution is 2.35. The van der Waals surface area contributed by atoms with Crippen LogP contribution in [0.5, 0.6) is 0 Å². The highest BCUT2D eigenvalue weighted by Gasteiger charge is 2.26. The molecule has 0 amide bonds. The van der Waals surface area contributed by atoms with Crippen LogP contribution in [0.3, 0.4) is 0 Å². The van der Waals surface area contributed by atoms with Crippen molar-refractivity contribution in [2.75, 3.05) is 26.2 Å². The van der Waals surface area contributed by atoms with Gasteiger partial charge < -0.3 is 5.32 Å². The van der Waals surface area contributed by atoms with E-state index in [1.807, 2.05) is 12.3 Å². The Morgan fingerprint density at radius 2 is 2.16 bits per heavy atom. The molecule has 0 radical (unpaired) electrons. The Morgan fingerprint density at radius 1 is 1.32 bits per heavy atom. The summed E-state index contributed by atoms with van der Waals surface area (Å²) in [5, 5.41) is 6.27. The quantitative estimate of drug-likeness (QED) is 0.943. The van der Waals surface area contributed by atoms with Crippen molar-refractivity contribution in [3.05, 3.63) is 51.4 Å². The number of nitrogens with zero attached hydrogens (tertiary/aromatic N) is 2. The van der Waals surface area contributed by atoms with E-state index in [9.17, 15) is 0 Å². The summed E-state index contributed by atoms with van der Waals surface area (Å²) in [5.41, 5.74) is 1.15. The molecular formula is C14H16ClN3S. The van der Waals surface area contributed by atoms with Gasteiger partial charge in [-0.25, -0.2) is 0 Å². The molecule has 0 aliphatic carbocycles. The van der Waals surface area contributed by atoms with Gasteiger partial charge in [-0.1, -0.05) is 17.7 Å². The first-order chi connectivity index (χ1) is 9.36. The fraction of sp³-hybridized carbons (Fsp3) is 0.357. The molecule has 3 nitrogen and oxygen atoms in total. The monoisotopic (exact) mass is 293 g/mol. The summed E-state index contributed by atoms with van der Waals surface area (Å²) in [6.07, 6.45) is 3.56. The Bertz CT molecular complexity index is 523. The average Bonchev–Trinajstić information content (AvgIpc) is 2.96. The summed E-state index contributed by atoms with van der Waals surface area (Å²) in [6, 6.07) is 6.57. The minimum Gasteiger partial charge on any atom is -0.314 e. The number of nitrogens with one attached hydrogen (secondary N) is 1. The van der Waals surface area contributed by atoms with E-state index in [0.717, 1.165) is 36.8 Å². The number of hydrogen-bond donors (Lipinski definition) is 1. The molecule has 0 bridgehead atoms. The highest BCUT2D eigenvalue weighted by atomic mass is 35.5. The van der Waals surface area contributed by atoms with Gasteiger partial charge in [-0.3, -0.25) is 9.88 Å². The smallest absolute Gasteiger partial charge is 0.0712 e. The van der Waals surface area contributed by atoms with Crippen LogP contribution < -0.4 is 5.32 Å². The van der Waals surface area contributed by atoms with Crippen molar-refractivity contribution in [2.45, 2.75) is 6.04 Å². The number of piperazine rings is 1. The van der Waals surface area contributed by atoms with Gasteiger partial charge in [-0.15, -0.1) is 11.3 Å². The van der Waals surface area contributed by atoms with Gasteiger partial charge in [-0.2, -0.15) is 0 Å². The molecule has 2 aromatic heterocycles. The molecule has 1 fully saturated rings. The van der Waals surface area contributed by atoms with Crippen LogP contribution in [0.4, 0.5) is 0 Å². The van der Waals surface area contributed by atoms with Crippen molar-refractivity contribution < 1.29 is 0 Å². The maximum absolute atomic E-state index is 6.35. The van der Waals surface area contributed by atoms with Gasteiger partial charge in [0.2, 0.25) is 0 Å². The van der Waals surface area contributed by atoms with E-state index in [1.54, 1.807) is 17.5 Å². The normalized spacial score (nSPS) is 18.4. The second kappa shape index (κ2) is 6.01. The van der Waals surface area contributed by atoms with Gasteiger partial charge in [0.25, 0.3) is 0 Å². The Morgan fingerprint density at radius 3 is 2.84 bits per heavy atom. The molecule has 5 heteroatoms. The number of aromatic nitrogens is 1. The van der Waals surface area contributed by atoms with E-state index >= 15 is 0 Å². The zero-order valence-corrected chi connectivity index (χ0v) is 12.1. The Hall–Kier alpha value is -0.940. The Kier molecular flexibility index (Phi) is 4.13. The van der Waals surface area contributed by atoms with Crippen LogP contribution in [0.2, 0.25) is 5.02 Å². The van der Waals surface area contributed by atoms with Gasteiger partial charge in [-0.05, 0) is 23.1 Å². The molecule has 0 spiro atoms. The molecule has 100 valence electrons. The molecule has 0 aromatic carbocycles. The fourth-order valence-electron chi connectivity index (χ4n) is 2.52. The van der Waals surface area contributed by atoms with Crippen molar-refractivity contribution in [3.8, 4) is 0 Å². The minimum absolute atomic E-state index is 0.248. The van der Waals surface area contributed by atoms with Crippen LogP contribution in [0.15, 0.2) is 36.0 Å². The van der Waals surface area contributed by atoms with Crippen LogP contribution in [-0.4, -0.2) is 36.1 Å². The largest absolute Gasteiger partial charge is 0.314 e. The van der Waals surface area contributed by atoms with E-state index < -0.39 is 0 Å². The van der Waals surface area contributed by atoms with E-state index in [0.29, 0.717) is 0 Å². The van der Waals surface area contributed by atoms with E-state index in [1.165, 1.54) is 4.88 Å². The van der Waals surface area contributed by atoms with E-state index in [2.05, 4.69) is 32.7 Å². The Balaban J connectivity index is 1.99. The molecule has 1 aliphatic heterocycles. The molecule has 1 saturated heterocycles. The lowest BCUT2D eigenvalue weighted by Crippen LogP contribution is -2.45. The zero-order valence-electron chi connectivity index (χ0n) is 10.6. The molecule has 1 N–H and O–H groups in total. The lowest BCUT2D eigenvalue weighted by Gasteiger charge is -2.35. The predicted octanol–water partition coefficient (Wildman–Crippen LogP) is 2.79. The lowest BCUT2D eigenvalue weighted by atomic mass is 10.0.